The van der Waals surface area contributed by atoms with Crippen molar-refractivity contribution in [3.63, 3.8) is 0 Å². The van der Waals surface area contributed by atoms with Gasteiger partial charge in [-0.15, -0.1) is 0 Å². The highest BCUT2D eigenvalue weighted by molar-refractivity contribution is 5.98. The van der Waals surface area contributed by atoms with Gasteiger partial charge in [-0.2, -0.15) is 0 Å². The van der Waals surface area contributed by atoms with Gasteiger partial charge in [0.15, 0.2) is 0 Å². The number of ether oxygens (including phenoxy) is 1. The van der Waals surface area contributed by atoms with Gasteiger partial charge in [-0.3, -0.25) is 4.90 Å². The SMILES string of the molecule is CCc1ccc2c(c1)N(C(=O)OC(C)(C)C)[C@@H](C(=O)O)C2. The van der Waals surface area contributed by atoms with Crippen LogP contribution in [-0.2, 0) is 22.4 Å². The van der Waals surface area contributed by atoms with E-state index in [1.807, 2.05) is 25.1 Å². The van der Waals surface area contributed by atoms with E-state index in [-0.39, 0.29) is 0 Å². The van der Waals surface area contributed by atoms with Crippen LogP contribution in [0.15, 0.2) is 18.2 Å². The maximum Gasteiger partial charge on any atom is 0.415 e. The Kier molecular flexibility index (Phi) is 3.94. The molecule has 0 fully saturated rings. The number of carbonyl (C=O) groups is 2. The third kappa shape index (κ3) is 3.17. The van der Waals surface area contributed by atoms with E-state index in [1.165, 1.54) is 4.90 Å². The summed E-state index contributed by atoms with van der Waals surface area (Å²) in [5.74, 6) is -1.02. The number of amides is 1. The summed E-state index contributed by atoms with van der Waals surface area (Å²) in [4.78, 5) is 25.1. The number of hydrogen-bond donors (Lipinski definition) is 1. The Bertz CT molecular complexity index is 574. The molecule has 1 aliphatic heterocycles. The van der Waals surface area contributed by atoms with Gasteiger partial charge in [0.2, 0.25) is 0 Å². The van der Waals surface area contributed by atoms with Crippen LogP contribution in [0.2, 0.25) is 0 Å². The average molecular weight is 291 g/mol. The molecule has 0 aliphatic carbocycles. The lowest BCUT2D eigenvalue weighted by Crippen LogP contribution is -2.45. The van der Waals surface area contributed by atoms with Crippen molar-refractivity contribution in [3.05, 3.63) is 29.3 Å². The highest BCUT2D eigenvalue weighted by atomic mass is 16.6. The first-order valence-corrected chi connectivity index (χ1v) is 7.09. The number of fused-ring (bicyclic) bond motifs is 1. The highest BCUT2D eigenvalue weighted by Gasteiger charge is 2.40. The van der Waals surface area contributed by atoms with Crippen LogP contribution in [0.4, 0.5) is 10.5 Å². The molecule has 0 unspecified atom stereocenters. The molecule has 1 aliphatic rings. The Balaban J connectivity index is 2.40. The van der Waals surface area contributed by atoms with Crippen molar-refractivity contribution >= 4 is 17.7 Å². The smallest absolute Gasteiger partial charge is 0.415 e. The van der Waals surface area contributed by atoms with Crippen molar-refractivity contribution in [2.45, 2.75) is 52.2 Å². The zero-order valence-electron chi connectivity index (χ0n) is 12.8. The third-order valence-electron chi connectivity index (χ3n) is 3.42. The number of aliphatic carboxylic acids is 1. The number of carboxylic acid groups (broad SMARTS) is 1. The molecule has 1 aromatic rings. The van der Waals surface area contributed by atoms with E-state index in [2.05, 4.69) is 0 Å². The predicted molar refractivity (Wildman–Crippen MR) is 79.7 cm³/mol. The van der Waals surface area contributed by atoms with Gasteiger partial charge in [-0.05, 0) is 44.4 Å². The van der Waals surface area contributed by atoms with Gasteiger partial charge in [0.05, 0.1) is 5.69 Å². The minimum absolute atomic E-state index is 0.313. The summed E-state index contributed by atoms with van der Waals surface area (Å²) in [6, 6.07) is 4.84. The molecule has 5 heteroatoms. The minimum Gasteiger partial charge on any atom is -0.480 e. The van der Waals surface area contributed by atoms with Gasteiger partial charge in [-0.25, -0.2) is 9.59 Å². The number of benzene rings is 1. The fraction of sp³-hybridized carbons (Fsp3) is 0.500. The summed E-state index contributed by atoms with van der Waals surface area (Å²) in [5.41, 5.74) is 1.92. The number of carboxylic acids is 1. The molecule has 0 aromatic heterocycles. The number of rotatable bonds is 2. The molecule has 0 saturated carbocycles. The maximum atomic E-state index is 12.4. The first-order chi connectivity index (χ1) is 9.73. The molecular formula is C16H21NO4. The second kappa shape index (κ2) is 5.39. The standard InChI is InChI=1S/C16H21NO4/c1-5-10-6-7-11-9-13(14(18)19)17(12(11)8-10)15(20)21-16(2,3)4/h6-8,13H,5,9H2,1-4H3,(H,18,19)/t13-/m1/s1. The van der Waals surface area contributed by atoms with Crippen molar-refractivity contribution in [1.29, 1.82) is 0 Å². The molecule has 5 nitrogen and oxygen atoms in total. The van der Waals surface area contributed by atoms with Gasteiger partial charge >= 0.3 is 12.1 Å². The predicted octanol–water partition coefficient (Wildman–Crippen LogP) is 3.00. The topological polar surface area (TPSA) is 66.8 Å². The second-order valence-corrected chi connectivity index (χ2v) is 6.23. The molecule has 2 rings (SSSR count). The van der Waals surface area contributed by atoms with Crippen LogP contribution in [0.25, 0.3) is 0 Å². The van der Waals surface area contributed by atoms with E-state index in [1.54, 1.807) is 20.8 Å². The number of hydrogen-bond acceptors (Lipinski definition) is 3. The highest BCUT2D eigenvalue weighted by Crippen LogP contribution is 2.34. The Hall–Kier alpha value is -2.04. The molecule has 0 spiro atoms. The van der Waals surface area contributed by atoms with Gasteiger partial charge in [0, 0.05) is 6.42 Å². The summed E-state index contributed by atoms with van der Waals surface area (Å²) < 4.78 is 5.36. The van der Waals surface area contributed by atoms with E-state index in [9.17, 15) is 14.7 Å². The Morgan fingerprint density at radius 3 is 2.57 bits per heavy atom. The van der Waals surface area contributed by atoms with Crippen molar-refractivity contribution < 1.29 is 19.4 Å². The number of nitrogens with zero attached hydrogens (tertiary/aromatic N) is 1. The fourth-order valence-corrected chi connectivity index (χ4v) is 2.43. The van der Waals surface area contributed by atoms with Crippen molar-refractivity contribution in [2.24, 2.45) is 0 Å². The van der Waals surface area contributed by atoms with Crippen LogP contribution in [0.3, 0.4) is 0 Å². The molecule has 0 saturated heterocycles. The summed E-state index contributed by atoms with van der Waals surface area (Å²) >= 11 is 0. The van der Waals surface area contributed by atoms with Gasteiger partial charge < -0.3 is 9.84 Å². The average Bonchev–Trinajstić information content (AvgIpc) is 2.74. The summed E-state index contributed by atoms with van der Waals surface area (Å²) in [7, 11) is 0. The second-order valence-electron chi connectivity index (χ2n) is 6.23. The number of anilines is 1. The molecule has 1 amide bonds. The van der Waals surface area contributed by atoms with Crippen LogP contribution in [0.5, 0.6) is 0 Å². The largest absolute Gasteiger partial charge is 0.480 e. The molecule has 21 heavy (non-hydrogen) atoms. The van der Waals surface area contributed by atoms with Crippen LogP contribution in [-0.4, -0.2) is 28.8 Å². The van der Waals surface area contributed by atoms with Crippen molar-refractivity contribution in [3.8, 4) is 0 Å². The lowest BCUT2D eigenvalue weighted by atomic mass is 10.1. The summed E-state index contributed by atoms with van der Waals surface area (Å²) in [6.07, 6.45) is 0.531. The normalized spacial score (nSPS) is 17.5. The molecule has 0 radical (unpaired) electrons. The Labute approximate surface area is 124 Å². The zero-order valence-corrected chi connectivity index (χ0v) is 12.8. The molecule has 1 aromatic carbocycles. The Morgan fingerprint density at radius 1 is 1.38 bits per heavy atom. The first-order valence-electron chi connectivity index (χ1n) is 7.09. The molecular weight excluding hydrogens is 270 g/mol. The van der Waals surface area contributed by atoms with Crippen molar-refractivity contribution in [2.75, 3.05) is 4.90 Å². The lowest BCUT2D eigenvalue weighted by molar-refractivity contribution is -0.138. The van der Waals surface area contributed by atoms with Gasteiger partial charge in [0.25, 0.3) is 0 Å². The zero-order chi connectivity index (χ0) is 15.8. The fourth-order valence-electron chi connectivity index (χ4n) is 2.43. The van der Waals surface area contributed by atoms with Crippen LogP contribution in [0, 0.1) is 0 Å². The number of aryl methyl sites for hydroxylation is 1. The summed E-state index contributed by atoms with van der Waals surface area (Å²) in [6.45, 7) is 7.31. The van der Waals surface area contributed by atoms with Crippen LogP contribution >= 0.6 is 0 Å². The van der Waals surface area contributed by atoms with E-state index >= 15 is 0 Å². The molecule has 1 heterocycles. The minimum atomic E-state index is -1.02. The first kappa shape index (κ1) is 15.4. The third-order valence-corrected chi connectivity index (χ3v) is 3.42. The van der Waals surface area contributed by atoms with E-state index in [4.69, 9.17) is 4.74 Å². The van der Waals surface area contributed by atoms with E-state index < -0.39 is 23.7 Å². The Morgan fingerprint density at radius 2 is 2.05 bits per heavy atom. The summed E-state index contributed by atoms with van der Waals surface area (Å²) in [5, 5.41) is 9.38. The molecule has 1 atom stereocenters. The molecule has 114 valence electrons. The van der Waals surface area contributed by atoms with Gasteiger partial charge in [-0.1, -0.05) is 19.1 Å². The lowest BCUT2D eigenvalue weighted by Gasteiger charge is -2.27. The number of carbonyl (C=O) groups excluding carboxylic acids is 1. The maximum absolute atomic E-state index is 12.4. The monoisotopic (exact) mass is 291 g/mol. The van der Waals surface area contributed by atoms with Gasteiger partial charge in [0.1, 0.15) is 11.6 Å². The van der Waals surface area contributed by atoms with Crippen molar-refractivity contribution in [1.82, 2.24) is 0 Å². The van der Waals surface area contributed by atoms with E-state index in [0.29, 0.717) is 12.1 Å². The van der Waals surface area contributed by atoms with Crippen LogP contribution in [0.1, 0.15) is 38.8 Å². The van der Waals surface area contributed by atoms with Crippen LogP contribution < -0.4 is 4.90 Å². The molecule has 0 bridgehead atoms. The van der Waals surface area contributed by atoms with E-state index in [0.717, 1.165) is 17.5 Å². The quantitative estimate of drug-likeness (QED) is 0.909. The molecule has 1 N–H and O–H groups in total.